The lowest BCUT2D eigenvalue weighted by molar-refractivity contribution is -0.140. The molecule has 0 saturated carbocycles. The summed E-state index contributed by atoms with van der Waals surface area (Å²) in [5, 5.41) is 0. The second kappa shape index (κ2) is 6.71. The van der Waals surface area contributed by atoms with Crippen molar-refractivity contribution in [2.24, 2.45) is 0 Å². The fourth-order valence-electron chi connectivity index (χ4n) is 1.86. The molecule has 2 aromatic carbocycles. The predicted octanol–water partition coefficient (Wildman–Crippen LogP) is 3.90. The van der Waals surface area contributed by atoms with Gasteiger partial charge in [0.25, 0.3) is 0 Å². The monoisotopic (exact) mass is 266 g/mol. The van der Waals surface area contributed by atoms with Gasteiger partial charge < -0.3 is 4.74 Å². The minimum atomic E-state index is -0.349. The molecular weight excluding hydrogens is 248 g/mol. The van der Waals surface area contributed by atoms with Gasteiger partial charge in [0.15, 0.2) is 0 Å². The zero-order chi connectivity index (χ0) is 14.4. The van der Waals surface area contributed by atoms with Crippen LogP contribution in [0, 0.1) is 0 Å². The largest absolute Gasteiger partial charge is 0.457 e. The molecule has 0 amide bonds. The fourth-order valence-corrected chi connectivity index (χ4v) is 1.86. The van der Waals surface area contributed by atoms with Gasteiger partial charge in [-0.05, 0) is 30.0 Å². The van der Waals surface area contributed by atoms with Crippen molar-refractivity contribution >= 4 is 5.97 Å². The van der Waals surface area contributed by atoms with Crippen molar-refractivity contribution in [3.8, 4) is 0 Å². The molecule has 0 saturated heterocycles. The first-order valence-electron chi connectivity index (χ1n) is 6.59. The summed E-state index contributed by atoms with van der Waals surface area (Å²) in [4.78, 5) is 11.3. The van der Waals surface area contributed by atoms with Crippen molar-refractivity contribution in [2.45, 2.75) is 20.0 Å². The Bertz CT molecular complexity index is 583. The van der Waals surface area contributed by atoms with E-state index in [4.69, 9.17) is 4.74 Å². The van der Waals surface area contributed by atoms with E-state index < -0.39 is 0 Å². The normalized spacial score (nSPS) is 10.1. The Kier molecular flexibility index (Phi) is 4.72. The van der Waals surface area contributed by atoms with Gasteiger partial charge in [-0.3, -0.25) is 0 Å². The van der Waals surface area contributed by atoms with Crippen LogP contribution < -0.4 is 0 Å². The third kappa shape index (κ3) is 4.09. The highest BCUT2D eigenvalue weighted by molar-refractivity contribution is 5.86. The van der Waals surface area contributed by atoms with E-state index in [-0.39, 0.29) is 12.6 Å². The summed E-state index contributed by atoms with van der Waals surface area (Å²) < 4.78 is 5.11. The van der Waals surface area contributed by atoms with Crippen molar-refractivity contribution in [1.82, 2.24) is 0 Å². The maximum Gasteiger partial charge on any atom is 0.333 e. The zero-order valence-corrected chi connectivity index (χ0v) is 11.6. The van der Waals surface area contributed by atoms with E-state index in [1.54, 1.807) is 6.92 Å². The van der Waals surface area contributed by atoms with Crippen molar-refractivity contribution in [3.05, 3.63) is 83.4 Å². The molecule has 2 rings (SSSR count). The second-order valence-electron chi connectivity index (χ2n) is 4.84. The molecule has 0 N–H and O–H groups in total. The van der Waals surface area contributed by atoms with Crippen LogP contribution in [0.15, 0.2) is 66.7 Å². The molecule has 2 aromatic rings. The Morgan fingerprint density at radius 1 is 0.950 bits per heavy atom. The third-order valence-corrected chi connectivity index (χ3v) is 2.99. The highest BCUT2D eigenvalue weighted by atomic mass is 16.5. The van der Waals surface area contributed by atoms with E-state index in [2.05, 4.69) is 30.8 Å². The van der Waals surface area contributed by atoms with Crippen LogP contribution in [0.5, 0.6) is 0 Å². The van der Waals surface area contributed by atoms with Crippen LogP contribution >= 0.6 is 0 Å². The van der Waals surface area contributed by atoms with Gasteiger partial charge in [0.05, 0.1) is 0 Å². The molecule has 0 aromatic heterocycles. The summed E-state index contributed by atoms with van der Waals surface area (Å²) in [5.41, 5.74) is 3.93. The van der Waals surface area contributed by atoms with Gasteiger partial charge in [0, 0.05) is 5.57 Å². The lowest BCUT2D eigenvalue weighted by Crippen LogP contribution is -2.04. The lowest BCUT2D eigenvalue weighted by atomic mass is 10.0. The molecule has 0 spiro atoms. The summed E-state index contributed by atoms with van der Waals surface area (Å²) in [6.45, 7) is 5.49. The molecule has 0 fully saturated rings. The number of hydrogen-bond donors (Lipinski definition) is 0. The van der Waals surface area contributed by atoms with E-state index in [1.165, 1.54) is 11.1 Å². The first-order valence-corrected chi connectivity index (χ1v) is 6.59. The van der Waals surface area contributed by atoms with E-state index in [1.807, 2.05) is 30.3 Å². The number of hydrogen-bond acceptors (Lipinski definition) is 2. The van der Waals surface area contributed by atoms with Crippen LogP contribution in [0.2, 0.25) is 0 Å². The first kappa shape index (κ1) is 14.1. The molecule has 2 heteroatoms. The number of carbonyl (C=O) groups excluding carboxylic acids is 1. The third-order valence-electron chi connectivity index (χ3n) is 2.99. The number of ether oxygens (including phenoxy) is 1. The molecule has 0 bridgehead atoms. The number of esters is 1. The summed E-state index contributed by atoms with van der Waals surface area (Å²) in [6, 6.07) is 18.4. The van der Waals surface area contributed by atoms with Gasteiger partial charge in [0.1, 0.15) is 6.61 Å². The van der Waals surface area contributed by atoms with Gasteiger partial charge in [-0.1, -0.05) is 61.2 Å². The highest BCUT2D eigenvalue weighted by Gasteiger charge is 2.03. The number of benzene rings is 2. The van der Waals surface area contributed by atoms with Crippen LogP contribution in [0.25, 0.3) is 0 Å². The van der Waals surface area contributed by atoms with Crippen molar-refractivity contribution in [1.29, 1.82) is 0 Å². The highest BCUT2D eigenvalue weighted by Crippen LogP contribution is 2.11. The van der Waals surface area contributed by atoms with Crippen LogP contribution in [0.3, 0.4) is 0 Å². The van der Waals surface area contributed by atoms with Gasteiger partial charge >= 0.3 is 5.97 Å². The molecule has 0 radical (unpaired) electrons. The van der Waals surface area contributed by atoms with E-state index in [0.717, 1.165) is 12.0 Å². The molecular formula is C18H18O2. The van der Waals surface area contributed by atoms with Crippen molar-refractivity contribution in [2.75, 3.05) is 0 Å². The molecule has 102 valence electrons. The minimum absolute atomic E-state index is 0.289. The molecule has 0 aliphatic carbocycles. The van der Waals surface area contributed by atoms with Crippen molar-refractivity contribution in [3.63, 3.8) is 0 Å². The lowest BCUT2D eigenvalue weighted by Gasteiger charge is -2.06. The molecule has 0 aliphatic rings. The van der Waals surface area contributed by atoms with Crippen LogP contribution in [-0.2, 0) is 22.6 Å². The standard InChI is InChI=1S/C18H18O2/c1-14(2)18(19)20-13-17-10-8-16(9-11-17)12-15-6-4-3-5-7-15/h3-11H,1,12-13H2,2H3. The van der Waals surface area contributed by atoms with E-state index in [9.17, 15) is 4.79 Å². The Morgan fingerprint density at radius 3 is 2.10 bits per heavy atom. The van der Waals surface area contributed by atoms with E-state index in [0.29, 0.717) is 5.57 Å². The summed E-state index contributed by atoms with van der Waals surface area (Å²) in [7, 11) is 0. The Morgan fingerprint density at radius 2 is 1.50 bits per heavy atom. The second-order valence-corrected chi connectivity index (χ2v) is 4.84. The quantitative estimate of drug-likeness (QED) is 0.606. The molecule has 2 nitrogen and oxygen atoms in total. The van der Waals surface area contributed by atoms with Crippen LogP contribution in [0.4, 0.5) is 0 Å². The molecule has 20 heavy (non-hydrogen) atoms. The maximum absolute atomic E-state index is 11.3. The van der Waals surface area contributed by atoms with Crippen LogP contribution in [0.1, 0.15) is 23.6 Å². The van der Waals surface area contributed by atoms with Gasteiger partial charge in [0.2, 0.25) is 0 Å². The summed E-state index contributed by atoms with van der Waals surface area (Å²) >= 11 is 0. The molecule has 0 atom stereocenters. The molecule has 0 heterocycles. The van der Waals surface area contributed by atoms with Gasteiger partial charge in [-0.25, -0.2) is 4.79 Å². The Labute approximate surface area is 119 Å². The number of carbonyl (C=O) groups is 1. The van der Waals surface area contributed by atoms with Crippen molar-refractivity contribution < 1.29 is 9.53 Å². The average molecular weight is 266 g/mol. The minimum Gasteiger partial charge on any atom is -0.457 e. The summed E-state index contributed by atoms with van der Waals surface area (Å²) in [5.74, 6) is -0.349. The topological polar surface area (TPSA) is 26.3 Å². The maximum atomic E-state index is 11.3. The van der Waals surface area contributed by atoms with Gasteiger partial charge in [-0.15, -0.1) is 0 Å². The Hall–Kier alpha value is -2.35. The molecule has 0 aliphatic heterocycles. The van der Waals surface area contributed by atoms with Crippen LogP contribution in [-0.4, -0.2) is 5.97 Å². The fraction of sp³-hybridized carbons (Fsp3) is 0.167. The average Bonchev–Trinajstić information content (AvgIpc) is 2.47. The first-order chi connectivity index (χ1) is 9.65. The molecule has 0 unspecified atom stereocenters. The predicted molar refractivity (Wildman–Crippen MR) is 80.3 cm³/mol. The Balaban J connectivity index is 1.93. The van der Waals surface area contributed by atoms with Gasteiger partial charge in [-0.2, -0.15) is 0 Å². The number of rotatable bonds is 5. The SMILES string of the molecule is C=C(C)C(=O)OCc1ccc(Cc2ccccc2)cc1. The summed E-state index contributed by atoms with van der Waals surface area (Å²) in [6.07, 6.45) is 0.909. The smallest absolute Gasteiger partial charge is 0.333 e. The van der Waals surface area contributed by atoms with E-state index >= 15 is 0 Å². The zero-order valence-electron chi connectivity index (χ0n) is 11.6.